The van der Waals surface area contributed by atoms with Crippen LogP contribution in [0.25, 0.3) is 0 Å². The minimum Gasteiger partial charge on any atom is -0.852 e. The largest absolute Gasteiger partial charge is 2.00 e. The van der Waals surface area contributed by atoms with Gasteiger partial charge in [-0.25, -0.2) is 0 Å². The molecule has 0 aliphatic rings. The zero-order valence-electron chi connectivity index (χ0n) is 24.3. The van der Waals surface area contributed by atoms with Gasteiger partial charge in [-0.1, -0.05) is 148 Å². The first-order valence-corrected chi connectivity index (χ1v) is 12.7. The van der Waals surface area contributed by atoms with Crippen LogP contribution in [0.4, 0.5) is 0 Å². The summed E-state index contributed by atoms with van der Waals surface area (Å²) in [6, 6.07) is 0. The quantitative estimate of drug-likeness (QED) is 0.262. The zero-order valence-corrected chi connectivity index (χ0v) is 25.8. The van der Waals surface area contributed by atoms with E-state index in [0.717, 1.165) is 11.8 Å². The van der Waals surface area contributed by atoms with E-state index < -0.39 is 12.2 Å². The first-order valence-electron chi connectivity index (χ1n) is 12.7. The summed E-state index contributed by atoms with van der Waals surface area (Å²) >= 11 is 0. The number of hydrogen-bond donors (Lipinski definition) is 0. The van der Waals surface area contributed by atoms with E-state index in [4.69, 9.17) is 0 Å². The molecule has 0 heterocycles. The second-order valence-electron chi connectivity index (χ2n) is 11.6. The van der Waals surface area contributed by atoms with Crippen LogP contribution in [0.3, 0.4) is 0 Å². The third kappa shape index (κ3) is 49.0. The average molecular weight is 479 g/mol. The van der Waals surface area contributed by atoms with Gasteiger partial charge in [-0.15, -0.1) is 12.2 Å². The van der Waals surface area contributed by atoms with E-state index in [-0.39, 0.29) is 21.7 Å². The first-order chi connectivity index (χ1) is 13.4. The minimum atomic E-state index is -0.417. The maximum absolute atomic E-state index is 9.53. The summed E-state index contributed by atoms with van der Waals surface area (Å²) in [5.41, 5.74) is 1.02. The van der Waals surface area contributed by atoms with E-state index in [1.54, 1.807) is 27.7 Å². The molecule has 0 aromatic heterocycles. The van der Waals surface area contributed by atoms with Gasteiger partial charge in [-0.2, -0.15) is 0 Å². The van der Waals surface area contributed by atoms with Gasteiger partial charge in [0, 0.05) is 0 Å². The summed E-state index contributed by atoms with van der Waals surface area (Å²) < 4.78 is 0. The molecule has 0 saturated heterocycles. The first kappa shape index (κ1) is 41.8. The smallest absolute Gasteiger partial charge is 0.852 e. The van der Waals surface area contributed by atoms with Crippen molar-refractivity contribution in [1.82, 2.24) is 0 Å². The molecule has 0 fully saturated rings. The Morgan fingerprint density at radius 2 is 0.710 bits per heavy atom. The van der Waals surface area contributed by atoms with E-state index >= 15 is 0 Å². The molecule has 0 aliphatic heterocycles. The molecule has 190 valence electrons. The summed E-state index contributed by atoms with van der Waals surface area (Å²) in [5, 5.41) is 19.1. The van der Waals surface area contributed by atoms with Crippen LogP contribution >= 0.6 is 0 Å². The maximum Gasteiger partial charge on any atom is 2.00 e. The van der Waals surface area contributed by atoms with Crippen molar-refractivity contribution in [3.8, 4) is 0 Å². The van der Waals surface area contributed by atoms with Crippen molar-refractivity contribution in [2.75, 3.05) is 0 Å². The van der Waals surface area contributed by atoms with Gasteiger partial charge in [0.15, 0.2) is 0 Å². The predicted octanol–water partition coefficient (Wildman–Crippen LogP) is 8.01. The molecule has 0 aromatic carbocycles. The minimum absolute atomic E-state index is 0. The molecule has 0 amide bonds. The standard InChI is InChI=1S/2C11H24.2C3H7O.Ti/c2*1-6-7-8-9-10(2)11(3,4)5;2*1-3(2)4;/h2*10H,6-9H2,1-5H3;2*3H,1-2H3;/q;;2*-1;+2. The van der Waals surface area contributed by atoms with E-state index in [9.17, 15) is 10.2 Å². The molecule has 0 bridgehead atoms. The summed E-state index contributed by atoms with van der Waals surface area (Å²) in [5.74, 6) is 1.74. The van der Waals surface area contributed by atoms with E-state index in [1.165, 1.54) is 51.4 Å². The molecule has 0 N–H and O–H groups in total. The van der Waals surface area contributed by atoms with E-state index in [1.807, 2.05) is 0 Å². The SMILES string of the molecule is CC(C)[O-].CC(C)[O-].CCCCCC(C)C(C)(C)C.CCCCCC(C)C(C)(C)C.[Ti+2]. The van der Waals surface area contributed by atoms with E-state index in [2.05, 4.69) is 69.2 Å². The zero-order chi connectivity index (χ0) is 25.0. The number of rotatable bonds is 8. The van der Waals surface area contributed by atoms with Crippen LogP contribution in [0.15, 0.2) is 0 Å². The van der Waals surface area contributed by atoms with E-state index in [0.29, 0.717) is 10.8 Å². The summed E-state index contributed by atoms with van der Waals surface area (Å²) in [4.78, 5) is 0. The van der Waals surface area contributed by atoms with Crippen LogP contribution in [-0.4, -0.2) is 12.2 Å². The fourth-order valence-electron chi connectivity index (χ4n) is 2.27. The van der Waals surface area contributed by atoms with Gasteiger partial charge in [0.2, 0.25) is 0 Å². The second kappa shape index (κ2) is 25.3. The maximum atomic E-state index is 9.53. The van der Waals surface area contributed by atoms with Gasteiger partial charge in [0.25, 0.3) is 0 Å². The van der Waals surface area contributed by atoms with Gasteiger partial charge in [-0.3, -0.25) is 0 Å². The molecule has 31 heavy (non-hydrogen) atoms. The van der Waals surface area contributed by atoms with Crippen molar-refractivity contribution in [2.24, 2.45) is 22.7 Å². The third-order valence-electron chi connectivity index (χ3n) is 5.44. The molecule has 2 nitrogen and oxygen atoms in total. The Balaban J connectivity index is -0.000000106. The van der Waals surface area contributed by atoms with Crippen molar-refractivity contribution < 1.29 is 31.9 Å². The summed E-state index contributed by atoms with van der Waals surface area (Å²) in [7, 11) is 0. The Hall–Kier alpha value is 0.634. The Kier molecular flexibility index (Phi) is 34.1. The molecule has 0 aliphatic carbocycles. The van der Waals surface area contributed by atoms with Crippen LogP contribution in [0.1, 0.15) is 148 Å². The van der Waals surface area contributed by atoms with Crippen molar-refractivity contribution in [3.05, 3.63) is 0 Å². The molecular weight excluding hydrogens is 416 g/mol. The van der Waals surface area contributed by atoms with Gasteiger partial charge in [0.05, 0.1) is 0 Å². The van der Waals surface area contributed by atoms with Crippen LogP contribution in [0, 0.1) is 22.7 Å². The Morgan fingerprint density at radius 1 is 0.516 bits per heavy atom. The molecular formula is C28H62O2Ti. The average Bonchev–Trinajstić information content (AvgIpc) is 2.53. The molecule has 0 aromatic rings. The second-order valence-corrected chi connectivity index (χ2v) is 11.6. The monoisotopic (exact) mass is 478 g/mol. The van der Waals surface area contributed by atoms with Crippen LogP contribution in [0.2, 0.25) is 0 Å². The number of unbranched alkanes of at least 4 members (excludes halogenated alkanes) is 4. The van der Waals surface area contributed by atoms with Gasteiger partial charge < -0.3 is 10.2 Å². The van der Waals surface area contributed by atoms with Gasteiger partial charge in [0.1, 0.15) is 0 Å². The van der Waals surface area contributed by atoms with Crippen molar-refractivity contribution >= 4 is 0 Å². The van der Waals surface area contributed by atoms with Crippen molar-refractivity contribution in [1.29, 1.82) is 0 Å². The molecule has 0 spiro atoms. The van der Waals surface area contributed by atoms with Crippen LogP contribution in [-0.2, 0) is 21.7 Å². The fraction of sp³-hybridized carbons (Fsp3) is 1.00. The third-order valence-corrected chi connectivity index (χ3v) is 5.44. The summed E-state index contributed by atoms with van der Waals surface area (Å²) in [6.45, 7) is 29.7. The van der Waals surface area contributed by atoms with Gasteiger partial charge >= 0.3 is 21.7 Å². The van der Waals surface area contributed by atoms with Gasteiger partial charge in [-0.05, 0) is 22.7 Å². The molecule has 0 rings (SSSR count). The van der Waals surface area contributed by atoms with Crippen molar-refractivity contribution in [2.45, 2.75) is 161 Å². The van der Waals surface area contributed by atoms with Crippen LogP contribution < -0.4 is 10.2 Å². The normalized spacial score (nSPS) is 13.0. The Morgan fingerprint density at radius 3 is 0.839 bits per heavy atom. The molecule has 2 atom stereocenters. The predicted molar refractivity (Wildman–Crippen MR) is 136 cm³/mol. The number of hydrogen-bond acceptors (Lipinski definition) is 2. The molecule has 0 radical (unpaired) electrons. The van der Waals surface area contributed by atoms with Crippen LogP contribution in [0.5, 0.6) is 0 Å². The molecule has 3 heteroatoms. The van der Waals surface area contributed by atoms with Crippen molar-refractivity contribution in [3.63, 3.8) is 0 Å². The molecule has 2 unspecified atom stereocenters. The topological polar surface area (TPSA) is 46.1 Å². The Bertz CT molecular complexity index is 276. The molecule has 0 saturated carbocycles. The summed E-state index contributed by atoms with van der Waals surface area (Å²) in [6.07, 6.45) is 10.3. The Labute approximate surface area is 214 Å². The fourth-order valence-corrected chi connectivity index (χ4v) is 2.27.